The molecule has 1 aliphatic rings. The Bertz CT molecular complexity index is 1020. The van der Waals surface area contributed by atoms with Crippen LogP contribution in [-0.4, -0.2) is 25.5 Å². The van der Waals surface area contributed by atoms with E-state index in [0.717, 1.165) is 29.7 Å². The van der Waals surface area contributed by atoms with Gasteiger partial charge in [0.25, 0.3) is 11.8 Å². The lowest BCUT2D eigenvalue weighted by molar-refractivity contribution is 0.1000. The minimum atomic E-state index is -3.39. The molecule has 1 heterocycles. The van der Waals surface area contributed by atoms with Crippen molar-refractivity contribution in [3.05, 3.63) is 45.8 Å². The van der Waals surface area contributed by atoms with E-state index in [1.165, 1.54) is 35.6 Å². The smallest absolute Gasteiger partial charge is 0.256 e. The van der Waals surface area contributed by atoms with E-state index >= 15 is 0 Å². The Hall–Kier alpha value is -2.19. The molecule has 1 unspecified atom stereocenters. The van der Waals surface area contributed by atoms with Crippen molar-refractivity contribution >= 4 is 38.0 Å². The molecular weight excluding hydrogens is 396 g/mol. The number of nitrogens with one attached hydrogen (secondary N) is 1. The first-order valence-electron chi connectivity index (χ1n) is 9.21. The number of carbonyl (C=O) groups excluding carboxylic acids is 2. The number of thiophene rings is 1. The van der Waals surface area contributed by atoms with Crippen LogP contribution in [0, 0.1) is 5.92 Å². The van der Waals surface area contributed by atoms with E-state index in [1.54, 1.807) is 13.8 Å². The average Bonchev–Trinajstić information content (AvgIpc) is 2.98. The summed E-state index contributed by atoms with van der Waals surface area (Å²) < 4.78 is 24.4. The summed E-state index contributed by atoms with van der Waals surface area (Å²) in [7, 11) is -3.39. The highest BCUT2D eigenvalue weighted by Crippen LogP contribution is 2.39. The van der Waals surface area contributed by atoms with Crippen LogP contribution in [0.3, 0.4) is 0 Å². The first-order valence-corrected chi connectivity index (χ1v) is 11.6. The van der Waals surface area contributed by atoms with Gasteiger partial charge >= 0.3 is 0 Å². The fraction of sp³-hybridized carbons (Fsp3) is 0.400. The molecule has 2 amide bonds. The molecule has 2 aromatic rings. The summed E-state index contributed by atoms with van der Waals surface area (Å²) in [5, 5.41) is 2.72. The summed E-state index contributed by atoms with van der Waals surface area (Å²) >= 11 is 1.40. The maximum Gasteiger partial charge on any atom is 0.256 e. The van der Waals surface area contributed by atoms with Crippen molar-refractivity contribution in [2.45, 2.75) is 50.2 Å². The first kappa shape index (κ1) is 20.5. The zero-order chi connectivity index (χ0) is 20.6. The van der Waals surface area contributed by atoms with Crippen molar-refractivity contribution in [1.82, 2.24) is 0 Å². The normalized spacial score (nSPS) is 16.6. The van der Waals surface area contributed by atoms with Gasteiger partial charge in [0.2, 0.25) is 0 Å². The molecule has 3 rings (SSSR count). The molecule has 1 aromatic carbocycles. The third-order valence-electron chi connectivity index (χ3n) is 5.05. The minimum absolute atomic E-state index is 0.178. The van der Waals surface area contributed by atoms with Crippen molar-refractivity contribution in [3.63, 3.8) is 0 Å². The van der Waals surface area contributed by atoms with Crippen molar-refractivity contribution < 1.29 is 18.0 Å². The number of fused-ring (bicyclic) bond motifs is 1. The van der Waals surface area contributed by atoms with Gasteiger partial charge in [-0.15, -0.1) is 11.3 Å². The molecule has 0 saturated carbocycles. The molecule has 0 spiro atoms. The van der Waals surface area contributed by atoms with Gasteiger partial charge in [0.1, 0.15) is 5.00 Å². The number of hydrogen-bond acceptors (Lipinski definition) is 5. The Balaban J connectivity index is 1.87. The number of nitrogens with two attached hydrogens (primary N) is 1. The minimum Gasteiger partial charge on any atom is -0.365 e. The number of amides is 2. The predicted molar refractivity (Wildman–Crippen MR) is 111 cm³/mol. The zero-order valence-electron chi connectivity index (χ0n) is 16.1. The van der Waals surface area contributed by atoms with Gasteiger partial charge in [-0.05, 0) is 68.9 Å². The Kier molecular flexibility index (Phi) is 5.63. The molecule has 150 valence electrons. The molecule has 1 aromatic heterocycles. The molecule has 28 heavy (non-hydrogen) atoms. The lowest BCUT2D eigenvalue weighted by Gasteiger charge is -2.18. The highest BCUT2D eigenvalue weighted by atomic mass is 32.2. The van der Waals surface area contributed by atoms with Crippen LogP contribution in [0.1, 0.15) is 58.3 Å². The van der Waals surface area contributed by atoms with E-state index in [0.29, 0.717) is 22.0 Å². The highest BCUT2D eigenvalue weighted by molar-refractivity contribution is 7.92. The number of sulfone groups is 1. The summed E-state index contributed by atoms with van der Waals surface area (Å²) in [6, 6.07) is 5.81. The molecule has 0 saturated heterocycles. The van der Waals surface area contributed by atoms with Crippen LogP contribution in [0.5, 0.6) is 0 Å². The molecule has 0 fully saturated rings. The van der Waals surface area contributed by atoms with Crippen LogP contribution < -0.4 is 11.1 Å². The molecule has 1 atom stereocenters. The SMILES string of the molecule is CC1CCc2c(sc(NC(=O)c3ccc(S(=O)(=O)C(C)C)cc3)c2C(N)=O)C1. The van der Waals surface area contributed by atoms with Crippen LogP contribution in [0.2, 0.25) is 0 Å². The molecule has 1 aliphatic carbocycles. The molecule has 8 heteroatoms. The summed E-state index contributed by atoms with van der Waals surface area (Å²) in [5.41, 5.74) is 7.25. The van der Waals surface area contributed by atoms with Crippen molar-refractivity contribution in [2.75, 3.05) is 5.32 Å². The molecule has 0 radical (unpaired) electrons. The summed E-state index contributed by atoms with van der Waals surface area (Å²) in [6.07, 6.45) is 2.64. The number of rotatable bonds is 5. The van der Waals surface area contributed by atoms with E-state index in [4.69, 9.17) is 5.73 Å². The Morgan fingerprint density at radius 2 is 1.86 bits per heavy atom. The van der Waals surface area contributed by atoms with Gasteiger partial charge in [0, 0.05) is 10.4 Å². The molecule has 6 nitrogen and oxygen atoms in total. The number of primary amides is 1. The van der Waals surface area contributed by atoms with Gasteiger partial charge < -0.3 is 11.1 Å². The monoisotopic (exact) mass is 420 g/mol. The molecule has 0 aliphatic heterocycles. The quantitative estimate of drug-likeness (QED) is 0.773. The van der Waals surface area contributed by atoms with Crippen LogP contribution >= 0.6 is 11.3 Å². The second-order valence-electron chi connectivity index (χ2n) is 7.49. The topological polar surface area (TPSA) is 106 Å². The van der Waals surface area contributed by atoms with Crippen LogP contribution in [0.25, 0.3) is 0 Å². The van der Waals surface area contributed by atoms with Gasteiger partial charge in [0.05, 0.1) is 15.7 Å². The van der Waals surface area contributed by atoms with E-state index in [2.05, 4.69) is 12.2 Å². The Labute approximate surface area is 169 Å². The van der Waals surface area contributed by atoms with Crippen molar-refractivity contribution in [3.8, 4) is 0 Å². The molecular formula is C20H24N2O4S2. The number of hydrogen-bond donors (Lipinski definition) is 2. The van der Waals surface area contributed by atoms with Gasteiger partial charge in [-0.25, -0.2) is 8.42 Å². The molecule has 3 N–H and O–H groups in total. The lowest BCUT2D eigenvalue weighted by Crippen LogP contribution is -2.19. The highest BCUT2D eigenvalue weighted by Gasteiger charge is 2.27. The van der Waals surface area contributed by atoms with E-state index in [1.807, 2.05) is 0 Å². The Morgan fingerprint density at radius 1 is 1.21 bits per heavy atom. The second kappa shape index (κ2) is 7.67. The van der Waals surface area contributed by atoms with Crippen molar-refractivity contribution in [1.29, 1.82) is 0 Å². The average molecular weight is 421 g/mol. The number of anilines is 1. The van der Waals surface area contributed by atoms with Crippen molar-refractivity contribution in [2.24, 2.45) is 11.7 Å². The largest absolute Gasteiger partial charge is 0.365 e. The van der Waals surface area contributed by atoms with Crippen LogP contribution in [0.4, 0.5) is 5.00 Å². The predicted octanol–water partition coefficient (Wildman–Crippen LogP) is 3.41. The van der Waals surface area contributed by atoms with Gasteiger partial charge in [0.15, 0.2) is 9.84 Å². The fourth-order valence-corrected chi connectivity index (χ4v) is 5.81. The molecule has 0 bridgehead atoms. The first-order chi connectivity index (χ1) is 13.1. The fourth-order valence-electron chi connectivity index (χ4n) is 3.34. The third-order valence-corrected chi connectivity index (χ3v) is 8.39. The van der Waals surface area contributed by atoms with Gasteiger partial charge in [-0.2, -0.15) is 0 Å². The maximum atomic E-state index is 12.7. The van der Waals surface area contributed by atoms with Gasteiger partial charge in [-0.1, -0.05) is 6.92 Å². The number of benzene rings is 1. The van der Waals surface area contributed by atoms with E-state index in [9.17, 15) is 18.0 Å². The number of carbonyl (C=O) groups is 2. The zero-order valence-corrected chi connectivity index (χ0v) is 17.7. The van der Waals surface area contributed by atoms with Crippen LogP contribution in [-0.2, 0) is 22.7 Å². The third kappa shape index (κ3) is 3.84. The van der Waals surface area contributed by atoms with E-state index < -0.39 is 26.9 Å². The summed E-state index contributed by atoms with van der Waals surface area (Å²) in [4.78, 5) is 25.9. The maximum absolute atomic E-state index is 12.7. The van der Waals surface area contributed by atoms with E-state index in [-0.39, 0.29) is 4.90 Å². The lowest BCUT2D eigenvalue weighted by atomic mass is 9.88. The summed E-state index contributed by atoms with van der Waals surface area (Å²) in [6.45, 7) is 5.39. The second-order valence-corrected chi connectivity index (χ2v) is 11.1. The standard InChI is InChI=1S/C20H24N2O4S2/c1-11(2)28(25,26)14-7-5-13(6-8-14)19(24)22-20-17(18(21)23)15-9-4-12(3)10-16(15)27-20/h5-8,11-12H,4,9-10H2,1-3H3,(H2,21,23)(H,22,24). The Morgan fingerprint density at radius 3 is 2.43 bits per heavy atom. The van der Waals surface area contributed by atoms with Crippen LogP contribution in [0.15, 0.2) is 29.2 Å². The van der Waals surface area contributed by atoms with Gasteiger partial charge in [-0.3, -0.25) is 9.59 Å². The summed E-state index contributed by atoms with van der Waals surface area (Å²) in [5.74, 6) is -0.408.